The Morgan fingerprint density at radius 3 is 3.08 bits per heavy atom. The highest BCUT2D eigenvalue weighted by molar-refractivity contribution is 5.70. The van der Waals surface area contributed by atoms with Crippen molar-refractivity contribution in [2.45, 2.75) is 18.9 Å². The molecule has 1 atom stereocenters. The van der Waals surface area contributed by atoms with Gasteiger partial charge in [0.2, 0.25) is 0 Å². The summed E-state index contributed by atoms with van der Waals surface area (Å²) in [6.45, 7) is 2.42. The molecular formula is C9H11NO3. The Morgan fingerprint density at radius 1 is 1.69 bits per heavy atom. The van der Waals surface area contributed by atoms with Gasteiger partial charge in [-0.2, -0.15) is 0 Å². The molecule has 1 N–H and O–H groups in total. The number of carbonyl (C=O) groups excluding carboxylic acids is 1. The highest BCUT2D eigenvalue weighted by atomic mass is 16.6. The van der Waals surface area contributed by atoms with Crippen LogP contribution in [0, 0.1) is 0 Å². The van der Waals surface area contributed by atoms with Crippen LogP contribution in [0.25, 0.3) is 0 Å². The van der Waals surface area contributed by atoms with Crippen molar-refractivity contribution >= 4 is 6.09 Å². The summed E-state index contributed by atoms with van der Waals surface area (Å²) in [5.41, 5.74) is -0.463. The van der Waals surface area contributed by atoms with Gasteiger partial charge in [0.1, 0.15) is 11.4 Å². The summed E-state index contributed by atoms with van der Waals surface area (Å²) in [6, 6.07) is 3.69. The average molecular weight is 181 g/mol. The van der Waals surface area contributed by atoms with E-state index in [1.807, 2.05) is 19.1 Å². The van der Waals surface area contributed by atoms with E-state index in [1.165, 1.54) is 0 Å². The summed E-state index contributed by atoms with van der Waals surface area (Å²) < 4.78 is 10.3. The molecule has 0 aliphatic carbocycles. The van der Waals surface area contributed by atoms with E-state index in [1.54, 1.807) is 6.26 Å². The molecular weight excluding hydrogens is 170 g/mol. The molecule has 1 fully saturated rings. The van der Waals surface area contributed by atoms with Crippen LogP contribution >= 0.6 is 0 Å². The second kappa shape index (κ2) is 2.80. The maximum Gasteiger partial charge on any atom is 0.407 e. The van der Waals surface area contributed by atoms with Gasteiger partial charge in [0.25, 0.3) is 0 Å². The number of hydrogen-bond acceptors (Lipinski definition) is 3. The van der Waals surface area contributed by atoms with E-state index >= 15 is 0 Å². The number of hydrogen-bond donors (Lipinski definition) is 1. The third-order valence-corrected chi connectivity index (χ3v) is 2.07. The smallest absolute Gasteiger partial charge is 0.407 e. The van der Waals surface area contributed by atoms with Crippen LogP contribution in [0.2, 0.25) is 0 Å². The van der Waals surface area contributed by atoms with Crippen molar-refractivity contribution in [1.29, 1.82) is 0 Å². The molecule has 4 nitrogen and oxygen atoms in total. The standard InChI is InChI=1S/C9H11NO3/c1-9(6-10-8(11)13-9)5-7-3-2-4-12-7/h2-4H,5-6H2,1H3,(H,10,11). The van der Waals surface area contributed by atoms with Gasteiger partial charge in [-0.25, -0.2) is 4.79 Å². The SMILES string of the molecule is CC1(Cc2ccco2)CNC(=O)O1. The van der Waals surface area contributed by atoms with Gasteiger partial charge in [0.05, 0.1) is 12.8 Å². The summed E-state index contributed by atoms with van der Waals surface area (Å²) in [7, 11) is 0. The number of nitrogens with one attached hydrogen (secondary N) is 1. The molecule has 0 aromatic carbocycles. The lowest BCUT2D eigenvalue weighted by molar-refractivity contribution is 0.0683. The predicted octanol–water partition coefficient (Wildman–Crippen LogP) is 1.32. The van der Waals surface area contributed by atoms with Crippen LogP contribution in [0.5, 0.6) is 0 Å². The van der Waals surface area contributed by atoms with Gasteiger partial charge in [0, 0.05) is 6.42 Å². The summed E-state index contributed by atoms with van der Waals surface area (Å²) in [5.74, 6) is 0.832. The minimum absolute atomic E-state index is 0.353. The molecule has 1 aliphatic rings. The molecule has 0 spiro atoms. The molecule has 1 aromatic heterocycles. The number of ether oxygens (including phenoxy) is 1. The van der Waals surface area contributed by atoms with Crippen molar-refractivity contribution in [2.75, 3.05) is 6.54 Å². The molecule has 1 amide bonds. The molecule has 70 valence electrons. The minimum Gasteiger partial charge on any atom is -0.469 e. The van der Waals surface area contributed by atoms with E-state index in [4.69, 9.17) is 9.15 Å². The van der Waals surface area contributed by atoms with Gasteiger partial charge in [-0.05, 0) is 19.1 Å². The fourth-order valence-corrected chi connectivity index (χ4v) is 1.44. The Kier molecular flexibility index (Phi) is 1.76. The summed E-state index contributed by atoms with van der Waals surface area (Å²) in [5, 5.41) is 2.62. The molecule has 4 heteroatoms. The zero-order chi connectivity index (χ0) is 9.31. The lowest BCUT2D eigenvalue weighted by atomic mass is 10.0. The summed E-state index contributed by atoms with van der Waals surface area (Å²) in [4.78, 5) is 10.8. The second-order valence-corrected chi connectivity index (χ2v) is 3.45. The van der Waals surface area contributed by atoms with Crippen LogP contribution in [0.3, 0.4) is 0 Å². The van der Waals surface area contributed by atoms with Gasteiger partial charge >= 0.3 is 6.09 Å². The fraction of sp³-hybridized carbons (Fsp3) is 0.444. The van der Waals surface area contributed by atoms with Gasteiger partial charge < -0.3 is 14.5 Å². The first kappa shape index (κ1) is 8.16. The number of rotatable bonds is 2. The average Bonchev–Trinajstić information content (AvgIpc) is 2.62. The van der Waals surface area contributed by atoms with Crippen molar-refractivity contribution in [3.05, 3.63) is 24.2 Å². The zero-order valence-corrected chi connectivity index (χ0v) is 7.37. The number of amides is 1. The Labute approximate surface area is 75.9 Å². The Morgan fingerprint density at radius 2 is 2.54 bits per heavy atom. The van der Waals surface area contributed by atoms with E-state index in [9.17, 15) is 4.79 Å². The molecule has 0 radical (unpaired) electrons. The van der Waals surface area contributed by atoms with Crippen LogP contribution in [0.4, 0.5) is 4.79 Å². The molecule has 1 aromatic rings. The molecule has 1 unspecified atom stereocenters. The third kappa shape index (κ3) is 1.66. The van der Waals surface area contributed by atoms with E-state index in [-0.39, 0.29) is 6.09 Å². The second-order valence-electron chi connectivity index (χ2n) is 3.45. The number of cyclic esters (lactones) is 1. The number of furan rings is 1. The van der Waals surface area contributed by atoms with E-state index in [0.29, 0.717) is 13.0 Å². The fourth-order valence-electron chi connectivity index (χ4n) is 1.44. The quantitative estimate of drug-likeness (QED) is 0.748. The first-order valence-corrected chi connectivity index (χ1v) is 4.17. The lowest BCUT2D eigenvalue weighted by Crippen LogP contribution is -2.31. The summed E-state index contributed by atoms with van der Waals surface area (Å²) >= 11 is 0. The van der Waals surface area contributed by atoms with Gasteiger partial charge in [-0.1, -0.05) is 0 Å². The molecule has 0 bridgehead atoms. The first-order chi connectivity index (χ1) is 6.18. The van der Waals surface area contributed by atoms with Crippen molar-refractivity contribution in [3.63, 3.8) is 0 Å². The normalized spacial score (nSPS) is 27.0. The third-order valence-electron chi connectivity index (χ3n) is 2.07. The van der Waals surface area contributed by atoms with Crippen molar-refractivity contribution in [3.8, 4) is 0 Å². The molecule has 1 aliphatic heterocycles. The Hall–Kier alpha value is -1.45. The summed E-state index contributed by atoms with van der Waals surface area (Å²) in [6.07, 6.45) is 1.87. The maximum absolute atomic E-state index is 10.8. The van der Waals surface area contributed by atoms with Crippen LogP contribution in [0.1, 0.15) is 12.7 Å². The zero-order valence-electron chi connectivity index (χ0n) is 7.37. The predicted molar refractivity (Wildman–Crippen MR) is 45.3 cm³/mol. The molecule has 13 heavy (non-hydrogen) atoms. The highest BCUT2D eigenvalue weighted by Crippen LogP contribution is 2.21. The van der Waals surface area contributed by atoms with Crippen molar-refractivity contribution < 1.29 is 13.9 Å². The van der Waals surface area contributed by atoms with E-state index in [2.05, 4.69) is 5.32 Å². The van der Waals surface area contributed by atoms with Crippen LogP contribution in [-0.2, 0) is 11.2 Å². The van der Waals surface area contributed by atoms with Crippen molar-refractivity contribution in [1.82, 2.24) is 5.32 Å². The van der Waals surface area contributed by atoms with Crippen LogP contribution in [-0.4, -0.2) is 18.2 Å². The molecule has 2 heterocycles. The minimum atomic E-state index is -0.463. The van der Waals surface area contributed by atoms with Crippen molar-refractivity contribution in [2.24, 2.45) is 0 Å². The first-order valence-electron chi connectivity index (χ1n) is 4.17. The molecule has 1 saturated heterocycles. The Bertz CT molecular complexity index is 307. The molecule has 2 rings (SSSR count). The topological polar surface area (TPSA) is 51.5 Å². The highest BCUT2D eigenvalue weighted by Gasteiger charge is 2.36. The van der Waals surface area contributed by atoms with Gasteiger partial charge in [-0.15, -0.1) is 0 Å². The van der Waals surface area contributed by atoms with Crippen LogP contribution in [0.15, 0.2) is 22.8 Å². The van der Waals surface area contributed by atoms with E-state index in [0.717, 1.165) is 5.76 Å². The maximum atomic E-state index is 10.8. The van der Waals surface area contributed by atoms with Crippen LogP contribution < -0.4 is 5.32 Å². The van der Waals surface area contributed by atoms with E-state index < -0.39 is 5.60 Å². The Balaban J connectivity index is 2.05. The lowest BCUT2D eigenvalue weighted by Gasteiger charge is -2.18. The number of alkyl carbamates (subject to hydrolysis) is 1. The number of carbonyl (C=O) groups is 1. The largest absolute Gasteiger partial charge is 0.469 e. The molecule has 0 saturated carbocycles. The van der Waals surface area contributed by atoms with Gasteiger partial charge in [0.15, 0.2) is 0 Å². The monoisotopic (exact) mass is 181 g/mol. The van der Waals surface area contributed by atoms with Gasteiger partial charge in [-0.3, -0.25) is 0 Å².